The molecule has 3 saturated heterocycles. The van der Waals surface area contributed by atoms with Crippen LogP contribution in [-0.2, 0) is 33.2 Å². The van der Waals surface area contributed by atoms with Gasteiger partial charge in [-0.05, 0) is 80.4 Å². The maximum Gasteiger partial charge on any atom is 0.311 e. The zero-order valence-electron chi connectivity index (χ0n) is 34.5. The maximum absolute atomic E-state index is 14.3. The lowest BCUT2D eigenvalue weighted by Gasteiger charge is -2.49. The Morgan fingerprint density at radius 3 is 2.16 bits per heavy atom. The van der Waals surface area contributed by atoms with Gasteiger partial charge >= 0.3 is 5.97 Å². The number of esters is 1. The molecule has 8 unspecified atom stereocenters. The van der Waals surface area contributed by atoms with E-state index in [1.807, 2.05) is 25.9 Å². The SMILES string of the molecule is COC1(C)CC(O[C@H]2[C@H](C)[C@@H](OC3OC(C)CC(N(C)C)C3O)[C@](C)(O)C[C@@H](C)/C(=N\O)[C@H](C)[C@@H](O)[C@](C)(O)[C@@H](CCN=[N+]=[N-])OC(=O)[C@@H]2C)OC(C)C1O. The second kappa shape index (κ2) is 19.0. The van der Waals surface area contributed by atoms with Crippen LogP contribution in [0.1, 0.15) is 88.0 Å². The molecule has 18 atom stereocenters. The Kier molecular flexibility index (Phi) is 16.3. The number of ether oxygens (including phenoxy) is 6. The van der Waals surface area contributed by atoms with Crippen molar-refractivity contribution in [1.82, 2.24) is 4.90 Å². The molecular weight excluding hydrogens is 722 g/mol. The number of aliphatic hydroxyl groups excluding tert-OH is 3. The van der Waals surface area contributed by atoms with E-state index in [2.05, 4.69) is 15.2 Å². The summed E-state index contributed by atoms with van der Waals surface area (Å²) < 4.78 is 37.2. The Morgan fingerprint density at radius 1 is 0.964 bits per heavy atom. The van der Waals surface area contributed by atoms with Crippen molar-refractivity contribution in [3.63, 3.8) is 0 Å². The van der Waals surface area contributed by atoms with E-state index >= 15 is 0 Å². The monoisotopic (exact) mass is 789 g/mol. The van der Waals surface area contributed by atoms with Gasteiger partial charge in [0.15, 0.2) is 12.6 Å². The number of hydrogen-bond donors (Lipinski definition) is 6. The molecule has 0 spiro atoms. The van der Waals surface area contributed by atoms with Gasteiger partial charge < -0.3 is 64.1 Å². The summed E-state index contributed by atoms with van der Waals surface area (Å²) >= 11 is 0. The Bertz CT molecular complexity index is 1350. The second-order valence-electron chi connectivity index (χ2n) is 16.9. The molecule has 18 heteroatoms. The standard InChI is InChI=1S/C37H67N5O13/c1-18-16-35(7,47)32(55-34-28(43)24(42(10)11)15-19(2)51-34)21(4)29(54-26-17-36(8,50-12)31(45)23(6)52-26)22(5)33(46)53-25(13-14-39-41-38)37(9,48)30(44)20(3)27(18)40-49/h18-26,28-32,34,43-45,47-49H,13-17H2,1-12H3/b40-27+/t18-,19?,20+,21+,22-,23?,24?,25-,26?,28?,29+,30-,31?,32-,34?,35-,36?,37-/m1/s1. The van der Waals surface area contributed by atoms with Gasteiger partial charge in [-0.2, -0.15) is 0 Å². The molecule has 0 aromatic rings. The van der Waals surface area contributed by atoms with E-state index in [-0.39, 0.29) is 43.7 Å². The van der Waals surface area contributed by atoms with Crippen LogP contribution in [0.3, 0.4) is 0 Å². The van der Waals surface area contributed by atoms with Crippen molar-refractivity contribution in [1.29, 1.82) is 0 Å². The molecule has 3 fully saturated rings. The van der Waals surface area contributed by atoms with E-state index in [0.29, 0.717) is 6.42 Å². The number of carbonyl (C=O) groups excluding carboxylic acids is 1. The topological polar surface area (TPSA) is 258 Å². The van der Waals surface area contributed by atoms with Crippen LogP contribution < -0.4 is 0 Å². The summed E-state index contributed by atoms with van der Waals surface area (Å²) in [5.41, 5.74) is 3.95. The molecule has 3 rings (SSSR count). The number of methoxy groups -OCH3 is 1. The predicted octanol–water partition coefficient (Wildman–Crippen LogP) is 2.34. The summed E-state index contributed by atoms with van der Waals surface area (Å²) in [6.07, 6.45) is -10.7. The van der Waals surface area contributed by atoms with E-state index in [9.17, 15) is 35.5 Å². The van der Waals surface area contributed by atoms with Crippen LogP contribution in [0.5, 0.6) is 0 Å². The number of oxime groups is 1. The minimum atomic E-state index is -2.15. The minimum absolute atomic E-state index is 0.0371. The zero-order valence-corrected chi connectivity index (χ0v) is 34.5. The van der Waals surface area contributed by atoms with Gasteiger partial charge in [0.1, 0.15) is 23.9 Å². The van der Waals surface area contributed by atoms with Crippen molar-refractivity contribution in [2.45, 2.75) is 172 Å². The molecule has 3 aliphatic rings. The molecule has 3 aliphatic heterocycles. The Balaban J connectivity index is 2.24. The van der Waals surface area contributed by atoms with Gasteiger partial charge in [0.05, 0.1) is 53.4 Å². The molecule has 18 nitrogen and oxygen atoms in total. The highest BCUT2D eigenvalue weighted by Crippen LogP contribution is 2.41. The number of carbonyl (C=O) groups is 1. The van der Waals surface area contributed by atoms with Crippen LogP contribution in [0.4, 0.5) is 0 Å². The molecule has 0 aromatic carbocycles. The van der Waals surface area contributed by atoms with Gasteiger partial charge in [0.2, 0.25) is 0 Å². The molecule has 55 heavy (non-hydrogen) atoms. The van der Waals surface area contributed by atoms with Gasteiger partial charge in [-0.25, -0.2) is 0 Å². The van der Waals surface area contributed by atoms with Gasteiger partial charge in [-0.3, -0.25) is 4.79 Å². The van der Waals surface area contributed by atoms with Crippen molar-refractivity contribution in [3.05, 3.63) is 10.4 Å². The first kappa shape index (κ1) is 47.2. The van der Waals surface area contributed by atoms with E-state index in [1.165, 1.54) is 27.9 Å². The average Bonchev–Trinajstić information content (AvgIpc) is 3.10. The normalized spacial score (nSPS) is 47.5. The third kappa shape index (κ3) is 10.7. The number of hydrogen-bond acceptors (Lipinski definition) is 16. The van der Waals surface area contributed by atoms with Gasteiger partial charge in [0.25, 0.3) is 0 Å². The van der Waals surface area contributed by atoms with E-state index in [4.69, 9.17) is 34.0 Å². The Morgan fingerprint density at radius 2 is 1.60 bits per heavy atom. The fraction of sp³-hybridized carbons (Fsp3) is 0.946. The minimum Gasteiger partial charge on any atom is -0.459 e. The first-order chi connectivity index (χ1) is 25.5. The molecule has 0 radical (unpaired) electrons. The van der Waals surface area contributed by atoms with Crippen LogP contribution in [-0.4, -0.2) is 159 Å². The highest BCUT2D eigenvalue weighted by atomic mass is 16.7. The third-order valence-electron chi connectivity index (χ3n) is 12.2. The summed E-state index contributed by atoms with van der Waals surface area (Å²) in [6.45, 7) is 14.3. The summed E-state index contributed by atoms with van der Waals surface area (Å²) in [6, 6.07) is -0.354. The first-order valence-electron chi connectivity index (χ1n) is 19.2. The van der Waals surface area contributed by atoms with Crippen LogP contribution in [0, 0.1) is 23.7 Å². The fourth-order valence-electron chi connectivity index (χ4n) is 8.68. The fourth-order valence-corrected chi connectivity index (χ4v) is 8.68. The number of rotatable bonds is 9. The van der Waals surface area contributed by atoms with Gasteiger partial charge in [-0.1, -0.05) is 31.0 Å². The molecule has 0 bridgehead atoms. The van der Waals surface area contributed by atoms with Gasteiger partial charge in [-0.15, -0.1) is 0 Å². The summed E-state index contributed by atoms with van der Waals surface area (Å²) in [5, 5.41) is 75.8. The Hall–Kier alpha value is -2.19. The highest BCUT2D eigenvalue weighted by molar-refractivity contribution is 5.88. The van der Waals surface area contributed by atoms with E-state index in [0.717, 1.165) is 0 Å². The summed E-state index contributed by atoms with van der Waals surface area (Å²) in [4.78, 5) is 18.9. The second-order valence-corrected chi connectivity index (χ2v) is 16.9. The lowest BCUT2D eigenvalue weighted by atomic mass is 9.73. The number of likely N-dealkylation sites (N-methyl/N-ethyl adjacent to an activating group) is 1. The van der Waals surface area contributed by atoms with Crippen LogP contribution in [0.25, 0.3) is 10.4 Å². The largest absolute Gasteiger partial charge is 0.459 e. The molecule has 0 aromatic heterocycles. The lowest BCUT2D eigenvalue weighted by Crippen LogP contribution is -2.61. The number of aliphatic hydroxyl groups is 5. The van der Waals surface area contributed by atoms with Crippen molar-refractivity contribution in [2.24, 2.45) is 33.9 Å². The van der Waals surface area contributed by atoms with Crippen molar-refractivity contribution < 1.29 is 64.0 Å². The number of azide groups is 1. The van der Waals surface area contributed by atoms with Crippen molar-refractivity contribution in [2.75, 3.05) is 27.7 Å². The van der Waals surface area contributed by atoms with Crippen LogP contribution in [0.15, 0.2) is 10.3 Å². The van der Waals surface area contributed by atoms with E-state index in [1.54, 1.807) is 34.6 Å². The van der Waals surface area contributed by atoms with Crippen LogP contribution in [0.2, 0.25) is 0 Å². The van der Waals surface area contributed by atoms with Crippen LogP contribution >= 0.6 is 0 Å². The molecular formula is C37H67N5O13. The molecule has 0 saturated carbocycles. The Labute approximate surface area is 324 Å². The molecule has 0 amide bonds. The predicted molar refractivity (Wildman–Crippen MR) is 199 cm³/mol. The molecule has 0 aliphatic carbocycles. The molecule has 318 valence electrons. The highest BCUT2D eigenvalue weighted by Gasteiger charge is 2.53. The number of nitrogens with zero attached hydrogens (tertiary/aromatic N) is 5. The third-order valence-corrected chi connectivity index (χ3v) is 12.2. The first-order valence-corrected chi connectivity index (χ1v) is 19.2. The summed E-state index contributed by atoms with van der Waals surface area (Å²) in [7, 11) is 5.13. The maximum atomic E-state index is 14.3. The van der Waals surface area contributed by atoms with Gasteiger partial charge in [0, 0.05) is 48.8 Å². The molecule has 6 N–H and O–H groups in total. The summed E-state index contributed by atoms with van der Waals surface area (Å²) in [5.74, 6) is -4.70. The lowest BCUT2D eigenvalue weighted by molar-refractivity contribution is -0.317. The number of cyclic esters (lactones) is 1. The zero-order chi connectivity index (χ0) is 41.8. The van der Waals surface area contributed by atoms with E-state index < -0.39 is 102 Å². The molecule has 3 heterocycles. The van der Waals surface area contributed by atoms with Crippen molar-refractivity contribution >= 4 is 11.7 Å². The smallest absolute Gasteiger partial charge is 0.311 e. The quantitative estimate of drug-likeness (QED) is 0.0490. The van der Waals surface area contributed by atoms with Crippen molar-refractivity contribution in [3.8, 4) is 0 Å². The average molecular weight is 790 g/mol.